The summed E-state index contributed by atoms with van der Waals surface area (Å²) in [4.78, 5) is 17.0. The molecule has 1 N–H and O–H groups in total. The Labute approximate surface area is 158 Å². The highest BCUT2D eigenvalue weighted by Crippen LogP contribution is 2.27. The second-order valence-electron chi connectivity index (χ2n) is 6.97. The Morgan fingerprint density at radius 2 is 1.93 bits per heavy atom. The normalized spacial score (nSPS) is 19.9. The minimum absolute atomic E-state index is 0.0177. The molecule has 4 rings (SSSR count). The van der Waals surface area contributed by atoms with Crippen molar-refractivity contribution < 1.29 is 13.9 Å². The molecule has 1 saturated carbocycles. The number of fused-ring (bicyclic) bond motifs is 1. The number of carbonyl (C=O) groups excluding carboxylic acids is 1. The lowest BCUT2D eigenvalue weighted by Gasteiger charge is -2.28. The van der Waals surface area contributed by atoms with Crippen LogP contribution >= 0.6 is 0 Å². The van der Waals surface area contributed by atoms with Crippen molar-refractivity contribution in [2.45, 2.75) is 44.8 Å². The van der Waals surface area contributed by atoms with Gasteiger partial charge in [-0.2, -0.15) is 0 Å². The highest BCUT2D eigenvalue weighted by Gasteiger charge is 2.23. The van der Waals surface area contributed by atoms with E-state index in [1.54, 1.807) is 12.5 Å². The quantitative estimate of drug-likeness (QED) is 0.720. The number of benzene rings is 1. The first kappa shape index (κ1) is 17.7. The van der Waals surface area contributed by atoms with E-state index in [1.165, 1.54) is 0 Å². The molecule has 0 aliphatic heterocycles. The molecule has 3 aromatic rings. The number of ether oxygens (including phenoxy) is 1. The van der Waals surface area contributed by atoms with Gasteiger partial charge >= 0.3 is 0 Å². The maximum atomic E-state index is 12.6. The van der Waals surface area contributed by atoms with Gasteiger partial charge in [0.2, 0.25) is 0 Å². The van der Waals surface area contributed by atoms with E-state index in [9.17, 15) is 4.79 Å². The van der Waals surface area contributed by atoms with Gasteiger partial charge in [-0.3, -0.25) is 9.78 Å². The van der Waals surface area contributed by atoms with Crippen LogP contribution < -0.4 is 5.32 Å². The van der Waals surface area contributed by atoms with E-state index >= 15 is 0 Å². The Morgan fingerprint density at radius 1 is 1.15 bits per heavy atom. The van der Waals surface area contributed by atoms with Crippen molar-refractivity contribution in [2.75, 3.05) is 6.61 Å². The molecular formula is C22H24N2O3. The predicted molar refractivity (Wildman–Crippen MR) is 105 cm³/mol. The second-order valence-corrected chi connectivity index (χ2v) is 6.97. The second kappa shape index (κ2) is 7.92. The highest BCUT2D eigenvalue weighted by molar-refractivity contribution is 5.96. The number of nitrogens with one attached hydrogen (secondary N) is 1. The third kappa shape index (κ3) is 3.88. The topological polar surface area (TPSA) is 64.4 Å². The standard InChI is InChI=1S/C22H24N2O3/c1-2-26-18-9-7-17(8-10-18)24-22(25)16-5-3-15(4-6-16)21-19-12-14-27-20(19)11-13-23-21/h3-6,11-14,17-18H,2,7-10H2,1H3,(H,24,25)/t17-,18-. The lowest BCUT2D eigenvalue weighted by Crippen LogP contribution is -2.39. The molecule has 1 amide bonds. The zero-order valence-electron chi connectivity index (χ0n) is 15.5. The molecule has 27 heavy (non-hydrogen) atoms. The number of amides is 1. The van der Waals surface area contributed by atoms with Crippen LogP contribution in [0.2, 0.25) is 0 Å². The van der Waals surface area contributed by atoms with Crippen molar-refractivity contribution in [2.24, 2.45) is 0 Å². The molecule has 5 heteroatoms. The summed E-state index contributed by atoms with van der Waals surface area (Å²) < 4.78 is 11.1. The van der Waals surface area contributed by atoms with Gasteiger partial charge in [0.25, 0.3) is 5.91 Å². The van der Waals surface area contributed by atoms with E-state index in [1.807, 2.05) is 43.3 Å². The van der Waals surface area contributed by atoms with Crippen molar-refractivity contribution in [3.8, 4) is 11.3 Å². The van der Waals surface area contributed by atoms with Crippen LogP contribution in [0, 0.1) is 0 Å². The van der Waals surface area contributed by atoms with E-state index in [4.69, 9.17) is 9.15 Å². The van der Waals surface area contributed by atoms with Crippen LogP contribution in [0.5, 0.6) is 0 Å². The van der Waals surface area contributed by atoms with Crippen molar-refractivity contribution >= 4 is 16.9 Å². The Bertz CT molecular complexity index is 909. The summed E-state index contributed by atoms with van der Waals surface area (Å²) in [6, 6.07) is 11.6. The van der Waals surface area contributed by atoms with Gasteiger partial charge in [0.1, 0.15) is 5.58 Å². The third-order valence-corrected chi connectivity index (χ3v) is 5.21. The molecule has 0 saturated heterocycles. The number of nitrogens with zero attached hydrogens (tertiary/aromatic N) is 1. The van der Waals surface area contributed by atoms with Gasteiger partial charge in [-0.1, -0.05) is 12.1 Å². The summed E-state index contributed by atoms with van der Waals surface area (Å²) >= 11 is 0. The first-order valence-electron chi connectivity index (χ1n) is 9.59. The Hall–Kier alpha value is -2.66. The largest absolute Gasteiger partial charge is 0.464 e. The molecule has 1 fully saturated rings. The van der Waals surface area contributed by atoms with Crippen LogP contribution in [0.3, 0.4) is 0 Å². The summed E-state index contributed by atoms with van der Waals surface area (Å²) in [5.41, 5.74) is 3.31. The molecule has 0 unspecified atom stereocenters. The molecule has 0 radical (unpaired) electrons. The number of hydrogen-bond acceptors (Lipinski definition) is 4. The van der Waals surface area contributed by atoms with Crippen molar-refractivity contribution in [3.63, 3.8) is 0 Å². The molecule has 0 bridgehead atoms. The summed E-state index contributed by atoms with van der Waals surface area (Å²) in [5, 5.41) is 4.13. The van der Waals surface area contributed by atoms with Crippen molar-refractivity contribution in [1.29, 1.82) is 0 Å². The monoisotopic (exact) mass is 364 g/mol. The summed E-state index contributed by atoms with van der Waals surface area (Å²) in [6.07, 6.45) is 7.72. The lowest BCUT2D eigenvalue weighted by atomic mass is 9.92. The van der Waals surface area contributed by atoms with Crippen LogP contribution in [0.1, 0.15) is 43.0 Å². The fourth-order valence-corrected chi connectivity index (χ4v) is 3.78. The third-order valence-electron chi connectivity index (χ3n) is 5.21. The molecule has 0 atom stereocenters. The van der Waals surface area contributed by atoms with Gasteiger partial charge in [-0.25, -0.2) is 0 Å². The van der Waals surface area contributed by atoms with Gasteiger partial charge in [0.05, 0.1) is 18.1 Å². The highest BCUT2D eigenvalue weighted by atomic mass is 16.5. The fraction of sp³-hybridized carbons (Fsp3) is 0.364. The SMILES string of the molecule is CCO[C@H]1CC[C@H](NC(=O)c2ccc(-c3nccc4occc34)cc2)CC1. The molecule has 2 aromatic heterocycles. The average molecular weight is 364 g/mol. The number of rotatable bonds is 5. The van der Waals surface area contributed by atoms with E-state index in [2.05, 4.69) is 10.3 Å². The van der Waals surface area contributed by atoms with Crippen LogP contribution in [-0.2, 0) is 4.74 Å². The zero-order chi connectivity index (χ0) is 18.6. The summed E-state index contributed by atoms with van der Waals surface area (Å²) in [7, 11) is 0. The molecule has 140 valence electrons. The number of pyridine rings is 1. The van der Waals surface area contributed by atoms with Gasteiger partial charge in [-0.15, -0.1) is 0 Å². The summed E-state index contributed by atoms with van der Waals surface area (Å²) in [6.45, 7) is 2.79. The molecule has 1 aromatic carbocycles. The van der Waals surface area contributed by atoms with Gasteiger partial charge in [0.15, 0.2) is 0 Å². The molecule has 5 nitrogen and oxygen atoms in total. The molecule has 1 aliphatic rings. The minimum Gasteiger partial charge on any atom is -0.464 e. The van der Waals surface area contributed by atoms with Gasteiger partial charge in [0, 0.05) is 35.4 Å². The van der Waals surface area contributed by atoms with Gasteiger partial charge < -0.3 is 14.5 Å². The number of aromatic nitrogens is 1. The van der Waals surface area contributed by atoms with E-state index in [-0.39, 0.29) is 11.9 Å². The first-order valence-corrected chi connectivity index (χ1v) is 9.59. The minimum atomic E-state index is -0.0177. The molecule has 0 spiro atoms. The fourth-order valence-electron chi connectivity index (χ4n) is 3.78. The molecule has 2 heterocycles. The van der Waals surface area contributed by atoms with Crippen LogP contribution in [0.15, 0.2) is 53.3 Å². The maximum absolute atomic E-state index is 12.6. The molecule has 1 aliphatic carbocycles. The Morgan fingerprint density at radius 3 is 2.67 bits per heavy atom. The Balaban J connectivity index is 1.42. The first-order chi connectivity index (χ1) is 13.2. The maximum Gasteiger partial charge on any atom is 0.251 e. The average Bonchev–Trinajstić information content (AvgIpc) is 3.19. The molecular weight excluding hydrogens is 340 g/mol. The number of carbonyl (C=O) groups is 1. The van der Waals surface area contributed by atoms with Crippen LogP contribution in [0.25, 0.3) is 22.2 Å². The van der Waals surface area contributed by atoms with Crippen LogP contribution in [0.4, 0.5) is 0 Å². The van der Waals surface area contributed by atoms with E-state index < -0.39 is 0 Å². The predicted octanol–water partition coefficient (Wildman–Crippen LogP) is 4.57. The zero-order valence-corrected chi connectivity index (χ0v) is 15.5. The smallest absolute Gasteiger partial charge is 0.251 e. The van der Waals surface area contributed by atoms with Crippen molar-refractivity contribution in [3.05, 3.63) is 54.4 Å². The van der Waals surface area contributed by atoms with Crippen LogP contribution in [-0.4, -0.2) is 29.6 Å². The lowest BCUT2D eigenvalue weighted by molar-refractivity contribution is 0.0300. The van der Waals surface area contributed by atoms with Crippen molar-refractivity contribution in [1.82, 2.24) is 10.3 Å². The Kier molecular flexibility index (Phi) is 5.21. The van der Waals surface area contributed by atoms with Gasteiger partial charge in [-0.05, 0) is 56.9 Å². The van der Waals surface area contributed by atoms with E-state index in [0.717, 1.165) is 54.5 Å². The number of hydrogen-bond donors (Lipinski definition) is 1. The van der Waals surface area contributed by atoms with E-state index in [0.29, 0.717) is 11.7 Å². The number of furan rings is 1. The summed E-state index contributed by atoms with van der Waals surface area (Å²) in [5.74, 6) is -0.0177.